The third kappa shape index (κ3) is 4.78. The number of nitrogens with zero attached hydrogens (tertiary/aromatic N) is 2. The van der Waals surface area contributed by atoms with Gasteiger partial charge in [0.2, 0.25) is 0 Å². The highest BCUT2D eigenvalue weighted by atomic mass is 79.9. The van der Waals surface area contributed by atoms with Crippen molar-refractivity contribution in [2.75, 3.05) is 0 Å². The molecule has 134 valence electrons. The average molecular weight is 460 g/mol. The van der Waals surface area contributed by atoms with E-state index in [0.717, 1.165) is 27.9 Å². The van der Waals surface area contributed by atoms with Gasteiger partial charge in [0.25, 0.3) is 0 Å². The molecular weight excluding hydrogens is 449 g/mol. The highest BCUT2D eigenvalue weighted by Gasteiger charge is 2.33. The summed E-state index contributed by atoms with van der Waals surface area (Å²) in [5.41, 5.74) is 0.652. The lowest BCUT2D eigenvalue weighted by molar-refractivity contribution is -0.141. The predicted octanol–water partition coefficient (Wildman–Crippen LogP) is 6.87. The van der Waals surface area contributed by atoms with Crippen molar-refractivity contribution in [3.63, 3.8) is 0 Å². The number of rotatable bonds is 4. The number of halogens is 5. The summed E-state index contributed by atoms with van der Waals surface area (Å²) in [6.07, 6.45) is -4.55. The second-order valence-corrected chi connectivity index (χ2v) is 7.57. The molecule has 0 spiro atoms. The summed E-state index contributed by atoms with van der Waals surface area (Å²) >= 11 is 10.5. The molecule has 1 heterocycles. The van der Waals surface area contributed by atoms with E-state index >= 15 is 0 Å². The summed E-state index contributed by atoms with van der Waals surface area (Å²) in [5.74, 6) is 0.376. The maximum Gasteiger partial charge on any atom is 0.433 e. The Morgan fingerprint density at radius 3 is 2.35 bits per heavy atom. The number of thioether (sulfide) groups is 1. The molecule has 0 unspecified atom stereocenters. The van der Waals surface area contributed by atoms with Crippen molar-refractivity contribution >= 4 is 39.3 Å². The SMILES string of the molecule is FC(F)(F)c1cc(-c2ccc(Br)cc2)nc(SCc2ccccc2Cl)n1. The minimum atomic E-state index is -4.55. The first-order valence-corrected chi connectivity index (χ1v) is 9.57. The first-order valence-electron chi connectivity index (χ1n) is 7.41. The Morgan fingerprint density at radius 1 is 1.00 bits per heavy atom. The van der Waals surface area contributed by atoms with Crippen LogP contribution in [0.15, 0.2) is 64.2 Å². The molecule has 3 aromatic rings. The van der Waals surface area contributed by atoms with E-state index in [9.17, 15) is 13.2 Å². The fraction of sp³-hybridized carbons (Fsp3) is 0.111. The molecule has 0 atom stereocenters. The van der Waals surface area contributed by atoms with Crippen LogP contribution in [0.4, 0.5) is 13.2 Å². The van der Waals surface area contributed by atoms with Gasteiger partial charge in [0.1, 0.15) is 5.69 Å². The number of benzene rings is 2. The van der Waals surface area contributed by atoms with Gasteiger partial charge in [0, 0.05) is 20.8 Å². The van der Waals surface area contributed by atoms with Gasteiger partial charge < -0.3 is 0 Å². The monoisotopic (exact) mass is 458 g/mol. The van der Waals surface area contributed by atoms with E-state index in [4.69, 9.17) is 11.6 Å². The third-order valence-electron chi connectivity index (χ3n) is 3.45. The molecule has 3 rings (SSSR count). The Balaban J connectivity index is 1.95. The lowest BCUT2D eigenvalue weighted by Crippen LogP contribution is -2.10. The molecule has 0 radical (unpaired) electrons. The number of hydrogen-bond acceptors (Lipinski definition) is 3. The normalized spacial score (nSPS) is 11.6. The van der Waals surface area contributed by atoms with Crippen molar-refractivity contribution in [1.82, 2.24) is 9.97 Å². The molecule has 0 saturated carbocycles. The fourth-order valence-corrected chi connectivity index (χ4v) is 3.57. The van der Waals surface area contributed by atoms with Crippen molar-refractivity contribution in [1.29, 1.82) is 0 Å². The van der Waals surface area contributed by atoms with Gasteiger partial charge in [-0.05, 0) is 29.8 Å². The molecular formula is C18H11BrClF3N2S. The maximum absolute atomic E-state index is 13.2. The Bertz CT molecular complexity index is 917. The number of aromatic nitrogens is 2. The smallest absolute Gasteiger partial charge is 0.222 e. The lowest BCUT2D eigenvalue weighted by Gasteiger charge is -2.11. The highest BCUT2D eigenvalue weighted by Crippen LogP contribution is 2.33. The quantitative estimate of drug-likeness (QED) is 0.314. The molecule has 0 aliphatic heterocycles. The second kappa shape index (κ2) is 7.98. The largest absolute Gasteiger partial charge is 0.433 e. The minimum Gasteiger partial charge on any atom is -0.222 e. The lowest BCUT2D eigenvalue weighted by atomic mass is 10.1. The van der Waals surface area contributed by atoms with Crippen LogP contribution in [0, 0.1) is 0 Å². The summed E-state index contributed by atoms with van der Waals surface area (Å²) in [6.45, 7) is 0. The average Bonchev–Trinajstić information content (AvgIpc) is 2.61. The molecule has 2 aromatic carbocycles. The highest BCUT2D eigenvalue weighted by molar-refractivity contribution is 9.10. The van der Waals surface area contributed by atoms with Gasteiger partial charge in [0.05, 0.1) is 5.69 Å². The van der Waals surface area contributed by atoms with E-state index in [1.54, 1.807) is 36.4 Å². The standard InChI is InChI=1S/C18H11BrClF3N2S/c19-13-7-5-11(6-8-13)15-9-16(18(21,22)23)25-17(24-15)26-10-12-3-1-2-4-14(12)20/h1-9H,10H2. The number of alkyl halides is 3. The Morgan fingerprint density at radius 2 is 1.69 bits per heavy atom. The maximum atomic E-state index is 13.2. The van der Waals surface area contributed by atoms with E-state index in [1.807, 2.05) is 12.1 Å². The summed E-state index contributed by atoms with van der Waals surface area (Å²) in [7, 11) is 0. The van der Waals surface area contributed by atoms with Crippen LogP contribution in [0.3, 0.4) is 0 Å². The molecule has 0 aliphatic rings. The first kappa shape index (κ1) is 19.2. The summed E-state index contributed by atoms with van der Waals surface area (Å²) in [4.78, 5) is 7.95. The Hall–Kier alpha value is -1.57. The van der Waals surface area contributed by atoms with Gasteiger partial charge in [-0.15, -0.1) is 0 Å². The molecule has 1 aromatic heterocycles. The third-order valence-corrected chi connectivity index (χ3v) is 5.24. The van der Waals surface area contributed by atoms with Crippen LogP contribution in [-0.4, -0.2) is 9.97 Å². The van der Waals surface area contributed by atoms with Crippen LogP contribution in [0.5, 0.6) is 0 Å². The molecule has 26 heavy (non-hydrogen) atoms. The van der Waals surface area contributed by atoms with Crippen LogP contribution in [0.1, 0.15) is 11.3 Å². The van der Waals surface area contributed by atoms with E-state index in [-0.39, 0.29) is 10.9 Å². The minimum absolute atomic E-state index is 0.0534. The van der Waals surface area contributed by atoms with Crippen LogP contribution in [0.2, 0.25) is 5.02 Å². The molecule has 0 N–H and O–H groups in total. The van der Waals surface area contributed by atoms with Gasteiger partial charge >= 0.3 is 6.18 Å². The molecule has 0 aliphatic carbocycles. The topological polar surface area (TPSA) is 25.8 Å². The van der Waals surface area contributed by atoms with Gasteiger partial charge in [-0.3, -0.25) is 0 Å². The fourth-order valence-electron chi connectivity index (χ4n) is 2.16. The van der Waals surface area contributed by atoms with E-state index in [0.29, 0.717) is 16.3 Å². The zero-order chi connectivity index (χ0) is 18.7. The Kier molecular flexibility index (Phi) is 5.89. The van der Waals surface area contributed by atoms with E-state index in [1.165, 1.54) is 0 Å². The van der Waals surface area contributed by atoms with Crippen LogP contribution >= 0.6 is 39.3 Å². The molecule has 8 heteroatoms. The van der Waals surface area contributed by atoms with Gasteiger partial charge in [0.15, 0.2) is 5.16 Å². The Labute approximate surface area is 166 Å². The molecule has 0 saturated heterocycles. The van der Waals surface area contributed by atoms with Crippen LogP contribution in [-0.2, 0) is 11.9 Å². The molecule has 0 fully saturated rings. The summed E-state index contributed by atoms with van der Waals surface area (Å²) in [5, 5.41) is 0.609. The predicted molar refractivity (Wildman–Crippen MR) is 101 cm³/mol. The molecule has 0 bridgehead atoms. The van der Waals surface area contributed by atoms with Crippen LogP contribution < -0.4 is 0 Å². The van der Waals surface area contributed by atoms with Crippen LogP contribution in [0.25, 0.3) is 11.3 Å². The van der Waals surface area contributed by atoms with E-state index < -0.39 is 11.9 Å². The van der Waals surface area contributed by atoms with E-state index in [2.05, 4.69) is 25.9 Å². The van der Waals surface area contributed by atoms with Gasteiger partial charge in [-0.1, -0.05) is 69.6 Å². The van der Waals surface area contributed by atoms with Gasteiger partial charge in [-0.2, -0.15) is 13.2 Å². The van der Waals surface area contributed by atoms with Crippen molar-refractivity contribution in [2.24, 2.45) is 0 Å². The zero-order valence-electron chi connectivity index (χ0n) is 13.1. The van der Waals surface area contributed by atoms with Crippen molar-refractivity contribution in [3.8, 4) is 11.3 Å². The van der Waals surface area contributed by atoms with Crippen molar-refractivity contribution in [2.45, 2.75) is 17.1 Å². The summed E-state index contributed by atoms with van der Waals surface area (Å²) in [6, 6.07) is 15.0. The second-order valence-electron chi connectivity index (χ2n) is 5.31. The molecule has 2 nitrogen and oxygen atoms in total. The van der Waals surface area contributed by atoms with Crippen molar-refractivity contribution < 1.29 is 13.2 Å². The number of hydrogen-bond donors (Lipinski definition) is 0. The summed E-state index contributed by atoms with van der Waals surface area (Å²) < 4.78 is 40.5. The van der Waals surface area contributed by atoms with Crippen molar-refractivity contribution in [3.05, 3.63) is 75.4 Å². The first-order chi connectivity index (χ1) is 12.3. The van der Waals surface area contributed by atoms with Gasteiger partial charge in [-0.25, -0.2) is 9.97 Å². The molecule has 0 amide bonds. The zero-order valence-corrected chi connectivity index (χ0v) is 16.3.